The third-order valence-electron chi connectivity index (χ3n) is 2.26. The van der Waals surface area contributed by atoms with E-state index < -0.39 is 6.09 Å². The van der Waals surface area contributed by atoms with Crippen molar-refractivity contribution in [3.8, 4) is 0 Å². The zero-order valence-electron chi connectivity index (χ0n) is 9.45. The average Bonchev–Trinajstić information content (AvgIpc) is 2.41. The van der Waals surface area contributed by atoms with E-state index in [4.69, 9.17) is 5.11 Å². The lowest BCUT2D eigenvalue weighted by Crippen LogP contribution is -2.18. The number of carboxylic acid groups (broad SMARTS) is 1. The molecule has 2 aromatic rings. The van der Waals surface area contributed by atoms with Gasteiger partial charge in [0.15, 0.2) is 0 Å². The Kier molecular flexibility index (Phi) is 3.66. The first-order valence-electron chi connectivity index (χ1n) is 5.30. The third kappa shape index (κ3) is 2.91. The van der Waals surface area contributed by atoms with E-state index in [1.54, 1.807) is 24.5 Å². The van der Waals surface area contributed by atoms with Gasteiger partial charge < -0.3 is 5.11 Å². The summed E-state index contributed by atoms with van der Waals surface area (Å²) in [6.07, 6.45) is 2.07. The minimum atomic E-state index is -1.20. The highest BCUT2D eigenvalue weighted by molar-refractivity contribution is 6.12. The van der Waals surface area contributed by atoms with Crippen molar-refractivity contribution in [3.63, 3.8) is 0 Å². The Bertz CT molecular complexity index is 511. The monoisotopic (exact) mass is 241 g/mol. The molecule has 18 heavy (non-hydrogen) atoms. The topological polar surface area (TPSA) is 74.6 Å². The van der Waals surface area contributed by atoms with Crippen LogP contribution in [0.3, 0.4) is 0 Å². The quantitative estimate of drug-likeness (QED) is 0.638. The molecule has 0 unspecified atom stereocenters. The van der Waals surface area contributed by atoms with Gasteiger partial charge in [-0.05, 0) is 12.1 Å². The summed E-state index contributed by atoms with van der Waals surface area (Å²) in [5, 5.41) is 12.5. The second-order valence-corrected chi connectivity index (χ2v) is 3.48. The normalized spacial score (nSPS) is 11.0. The van der Waals surface area contributed by atoms with Crippen LogP contribution in [0.25, 0.3) is 0 Å². The van der Waals surface area contributed by atoms with E-state index in [1.807, 2.05) is 35.8 Å². The van der Waals surface area contributed by atoms with E-state index in [-0.39, 0.29) is 0 Å². The Balaban J connectivity index is 2.42. The third-order valence-corrected chi connectivity index (χ3v) is 2.26. The largest absolute Gasteiger partial charge is 0.464 e. The van der Waals surface area contributed by atoms with Crippen LogP contribution in [-0.4, -0.2) is 21.9 Å². The predicted octanol–water partition coefficient (Wildman–Crippen LogP) is 2.10. The SMILES string of the molecule is O=C(O)NN=C(c1ccccc1)c1ccncc1. The Morgan fingerprint density at radius 1 is 1.06 bits per heavy atom. The number of nitrogens with zero attached hydrogens (tertiary/aromatic N) is 2. The number of pyridine rings is 1. The number of hydrogen-bond acceptors (Lipinski definition) is 3. The molecule has 0 saturated heterocycles. The molecule has 1 aromatic carbocycles. The molecule has 0 bridgehead atoms. The standard InChI is InChI=1S/C13H11N3O2/c17-13(18)16-15-12(10-4-2-1-3-5-10)11-6-8-14-9-7-11/h1-9,16H,(H,17,18). The zero-order valence-corrected chi connectivity index (χ0v) is 9.45. The molecule has 0 fully saturated rings. The second-order valence-electron chi connectivity index (χ2n) is 3.48. The van der Waals surface area contributed by atoms with Crippen molar-refractivity contribution in [1.29, 1.82) is 0 Å². The molecule has 0 saturated carbocycles. The molecule has 1 aromatic heterocycles. The lowest BCUT2D eigenvalue weighted by molar-refractivity contribution is 0.195. The summed E-state index contributed by atoms with van der Waals surface area (Å²) in [4.78, 5) is 14.5. The Hall–Kier alpha value is -2.69. The number of nitrogens with one attached hydrogen (secondary N) is 1. The number of hydrazone groups is 1. The van der Waals surface area contributed by atoms with Crippen molar-refractivity contribution in [2.24, 2.45) is 5.10 Å². The van der Waals surface area contributed by atoms with Crippen LogP contribution < -0.4 is 5.43 Å². The van der Waals surface area contributed by atoms with E-state index in [0.29, 0.717) is 5.71 Å². The number of benzene rings is 1. The second kappa shape index (κ2) is 5.58. The Labute approximate surface area is 104 Å². The summed E-state index contributed by atoms with van der Waals surface area (Å²) in [5.74, 6) is 0. The fourth-order valence-corrected chi connectivity index (χ4v) is 1.51. The van der Waals surface area contributed by atoms with Gasteiger partial charge in [-0.25, -0.2) is 10.2 Å². The van der Waals surface area contributed by atoms with Gasteiger partial charge >= 0.3 is 6.09 Å². The van der Waals surface area contributed by atoms with E-state index in [2.05, 4.69) is 10.1 Å². The first-order valence-corrected chi connectivity index (χ1v) is 5.30. The van der Waals surface area contributed by atoms with E-state index >= 15 is 0 Å². The maximum atomic E-state index is 10.5. The molecular weight excluding hydrogens is 230 g/mol. The van der Waals surface area contributed by atoms with Gasteiger partial charge in [0.1, 0.15) is 0 Å². The van der Waals surface area contributed by atoms with Crippen molar-refractivity contribution in [3.05, 3.63) is 66.0 Å². The smallest absolute Gasteiger partial charge is 0.425 e. The van der Waals surface area contributed by atoms with Crippen molar-refractivity contribution in [1.82, 2.24) is 10.4 Å². The molecule has 2 N–H and O–H groups in total. The fraction of sp³-hybridized carbons (Fsp3) is 0. The molecule has 0 aliphatic heterocycles. The van der Waals surface area contributed by atoms with Crippen LogP contribution in [0.15, 0.2) is 60.0 Å². The van der Waals surface area contributed by atoms with Gasteiger partial charge in [-0.15, -0.1) is 0 Å². The summed E-state index contributed by atoms with van der Waals surface area (Å²) >= 11 is 0. The van der Waals surface area contributed by atoms with Gasteiger partial charge in [0, 0.05) is 23.5 Å². The predicted molar refractivity (Wildman–Crippen MR) is 67.5 cm³/mol. The van der Waals surface area contributed by atoms with Crippen molar-refractivity contribution in [2.45, 2.75) is 0 Å². The number of aromatic nitrogens is 1. The molecule has 90 valence electrons. The van der Waals surface area contributed by atoms with E-state index in [1.165, 1.54) is 0 Å². The summed E-state index contributed by atoms with van der Waals surface area (Å²) in [6, 6.07) is 12.9. The Morgan fingerprint density at radius 2 is 1.67 bits per heavy atom. The first-order chi connectivity index (χ1) is 8.77. The number of rotatable bonds is 3. The highest BCUT2D eigenvalue weighted by Gasteiger charge is 2.07. The molecule has 2 rings (SSSR count). The van der Waals surface area contributed by atoms with Gasteiger partial charge in [-0.1, -0.05) is 30.3 Å². The summed E-state index contributed by atoms with van der Waals surface area (Å²) in [7, 11) is 0. The maximum Gasteiger partial charge on any atom is 0.425 e. The van der Waals surface area contributed by atoms with Gasteiger partial charge in [-0.2, -0.15) is 5.10 Å². The van der Waals surface area contributed by atoms with Crippen LogP contribution in [0.2, 0.25) is 0 Å². The molecular formula is C13H11N3O2. The van der Waals surface area contributed by atoms with Crippen LogP contribution >= 0.6 is 0 Å². The molecule has 0 aliphatic rings. The van der Waals surface area contributed by atoms with Gasteiger partial charge in [0.2, 0.25) is 0 Å². The van der Waals surface area contributed by atoms with Crippen LogP contribution in [0.1, 0.15) is 11.1 Å². The molecule has 1 heterocycles. The lowest BCUT2D eigenvalue weighted by atomic mass is 10.0. The molecule has 1 amide bonds. The van der Waals surface area contributed by atoms with Gasteiger partial charge in [0.25, 0.3) is 0 Å². The van der Waals surface area contributed by atoms with E-state index in [9.17, 15) is 4.79 Å². The van der Waals surface area contributed by atoms with Crippen LogP contribution in [0.4, 0.5) is 4.79 Å². The molecule has 0 spiro atoms. The minimum absolute atomic E-state index is 0.556. The molecule has 0 radical (unpaired) electrons. The van der Waals surface area contributed by atoms with Crippen molar-refractivity contribution >= 4 is 11.8 Å². The molecule has 5 nitrogen and oxygen atoms in total. The lowest BCUT2D eigenvalue weighted by Gasteiger charge is -2.06. The van der Waals surface area contributed by atoms with Crippen LogP contribution in [0, 0.1) is 0 Å². The van der Waals surface area contributed by atoms with E-state index in [0.717, 1.165) is 11.1 Å². The highest BCUT2D eigenvalue weighted by atomic mass is 16.4. The van der Waals surface area contributed by atoms with Gasteiger partial charge in [0.05, 0.1) is 5.71 Å². The minimum Gasteiger partial charge on any atom is -0.464 e. The number of amides is 1. The first kappa shape index (κ1) is 11.8. The Morgan fingerprint density at radius 3 is 2.28 bits per heavy atom. The van der Waals surface area contributed by atoms with Crippen LogP contribution in [-0.2, 0) is 0 Å². The number of carbonyl (C=O) groups is 1. The summed E-state index contributed by atoms with van der Waals surface area (Å²) in [6.45, 7) is 0. The number of hydrogen-bond donors (Lipinski definition) is 2. The zero-order chi connectivity index (χ0) is 12.8. The van der Waals surface area contributed by atoms with Crippen molar-refractivity contribution < 1.29 is 9.90 Å². The highest BCUT2D eigenvalue weighted by Crippen LogP contribution is 2.09. The van der Waals surface area contributed by atoms with Crippen LogP contribution in [0.5, 0.6) is 0 Å². The molecule has 0 atom stereocenters. The summed E-state index contributed by atoms with van der Waals surface area (Å²) in [5.41, 5.74) is 4.21. The average molecular weight is 241 g/mol. The summed E-state index contributed by atoms with van der Waals surface area (Å²) < 4.78 is 0. The maximum absolute atomic E-state index is 10.5. The molecule has 0 aliphatic carbocycles. The van der Waals surface area contributed by atoms with Gasteiger partial charge in [-0.3, -0.25) is 4.98 Å². The van der Waals surface area contributed by atoms with Crippen molar-refractivity contribution in [2.75, 3.05) is 0 Å². The molecule has 5 heteroatoms. The fourth-order valence-electron chi connectivity index (χ4n) is 1.51.